The number of nitrogens with zero attached hydrogens (tertiary/aromatic N) is 2. The summed E-state index contributed by atoms with van der Waals surface area (Å²) in [6, 6.07) is 4.86. The summed E-state index contributed by atoms with van der Waals surface area (Å²) in [7, 11) is 1.74. The van der Waals surface area contributed by atoms with E-state index in [0.717, 1.165) is 17.7 Å². The lowest BCUT2D eigenvalue weighted by molar-refractivity contribution is 0.0697. The molecule has 2 rings (SSSR count). The van der Waals surface area contributed by atoms with Crippen molar-refractivity contribution in [1.82, 2.24) is 4.90 Å². The van der Waals surface area contributed by atoms with Crippen molar-refractivity contribution in [2.75, 3.05) is 25.0 Å². The fraction of sp³-hybridized carbons (Fsp3) is 0.385. The molecule has 1 N–H and O–H groups in total. The number of fused-ring (bicyclic) bond motifs is 1. The molecule has 0 aliphatic carbocycles. The number of carboxylic acid groups (broad SMARTS) is 1. The molecule has 18 heavy (non-hydrogen) atoms. The molecule has 0 radical (unpaired) electrons. The van der Waals surface area contributed by atoms with Gasteiger partial charge in [0, 0.05) is 25.8 Å². The summed E-state index contributed by atoms with van der Waals surface area (Å²) < 4.78 is 0. The highest BCUT2D eigenvalue weighted by atomic mass is 16.4. The number of carbonyl (C=O) groups is 2. The van der Waals surface area contributed by atoms with Crippen molar-refractivity contribution in [3.05, 3.63) is 29.3 Å². The monoisotopic (exact) mass is 248 g/mol. The van der Waals surface area contributed by atoms with Crippen LogP contribution in [0.3, 0.4) is 0 Å². The highest BCUT2D eigenvalue weighted by molar-refractivity contribution is 5.96. The molecule has 0 spiro atoms. The number of amides is 2. The standard InChI is InChI=1S/C13H16N2O3/c1-3-14(2)13(18)15-7-6-9-4-5-10(12(16)17)8-11(9)15/h4-5,8H,3,6-7H2,1-2H3,(H,16,17). The minimum Gasteiger partial charge on any atom is -0.478 e. The van der Waals surface area contributed by atoms with Crippen LogP contribution in [0.1, 0.15) is 22.8 Å². The number of urea groups is 1. The minimum atomic E-state index is -0.971. The zero-order valence-electron chi connectivity index (χ0n) is 10.5. The quantitative estimate of drug-likeness (QED) is 0.868. The highest BCUT2D eigenvalue weighted by Gasteiger charge is 2.27. The first-order valence-electron chi connectivity index (χ1n) is 5.93. The molecule has 0 unspecified atom stereocenters. The van der Waals surface area contributed by atoms with Crippen LogP contribution in [0.15, 0.2) is 18.2 Å². The maximum atomic E-state index is 12.1. The van der Waals surface area contributed by atoms with Crippen LogP contribution in [0, 0.1) is 0 Å². The summed E-state index contributed by atoms with van der Waals surface area (Å²) in [6.07, 6.45) is 0.776. The summed E-state index contributed by atoms with van der Waals surface area (Å²) >= 11 is 0. The van der Waals surface area contributed by atoms with Crippen molar-refractivity contribution < 1.29 is 14.7 Å². The maximum absolute atomic E-state index is 12.1. The molecule has 2 amide bonds. The smallest absolute Gasteiger partial charge is 0.335 e. The van der Waals surface area contributed by atoms with Crippen molar-refractivity contribution in [1.29, 1.82) is 0 Å². The Bertz CT molecular complexity index is 499. The van der Waals surface area contributed by atoms with Gasteiger partial charge < -0.3 is 10.0 Å². The van der Waals surface area contributed by atoms with E-state index in [1.165, 1.54) is 0 Å². The van der Waals surface area contributed by atoms with Crippen molar-refractivity contribution in [2.45, 2.75) is 13.3 Å². The minimum absolute atomic E-state index is 0.0845. The van der Waals surface area contributed by atoms with Gasteiger partial charge in [0.15, 0.2) is 0 Å². The molecule has 0 bridgehead atoms. The molecule has 1 aromatic rings. The second-order valence-electron chi connectivity index (χ2n) is 4.35. The van der Waals surface area contributed by atoms with E-state index < -0.39 is 5.97 Å². The Hall–Kier alpha value is -2.04. The second-order valence-corrected chi connectivity index (χ2v) is 4.35. The van der Waals surface area contributed by atoms with E-state index in [2.05, 4.69) is 0 Å². The van der Waals surface area contributed by atoms with Crippen LogP contribution in [-0.4, -0.2) is 42.1 Å². The van der Waals surface area contributed by atoms with Gasteiger partial charge in [0.1, 0.15) is 0 Å². The number of benzene rings is 1. The molecule has 0 aromatic heterocycles. The number of anilines is 1. The Morgan fingerprint density at radius 1 is 1.44 bits per heavy atom. The highest BCUT2D eigenvalue weighted by Crippen LogP contribution is 2.29. The van der Waals surface area contributed by atoms with Gasteiger partial charge in [0.25, 0.3) is 0 Å². The number of rotatable bonds is 2. The first kappa shape index (κ1) is 12.4. The second kappa shape index (κ2) is 4.68. The third-order valence-corrected chi connectivity index (χ3v) is 3.26. The van der Waals surface area contributed by atoms with E-state index in [4.69, 9.17) is 5.11 Å². The van der Waals surface area contributed by atoms with Crippen LogP contribution in [0.4, 0.5) is 10.5 Å². The molecule has 0 fully saturated rings. The fourth-order valence-corrected chi connectivity index (χ4v) is 2.05. The van der Waals surface area contributed by atoms with Crippen molar-refractivity contribution in [2.24, 2.45) is 0 Å². The zero-order valence-corrected chi connectivity index (χ0v) is 10.5. The summed E-state index contributed by atoms with van der Waals surface area (Å²) in [4.78, 5) is 26.3. The Balaban J connectivity index is 2.34. The maximum Gasteiger partial charge on any atom is 0.335 e. The molecule has 1 aliphatic rings. The molecule has 1 heterocycles. The van der Waals surface area contributed by atoms with Gasteiger partial charge in [-0.1, -0.05) is 6.07 Å². The Morgan fingerprint density at radius 3 is 2.78 bits per heavy atom. The predicted molar refractivity (Wildman–Crippen MR) is 68.2 cm³/mol. The van der Waals surface area contributed by atoms with E-state index in [1.54, 1.807) is 35.0 Å². The normalized spacial score (nSPS) is 13.3. The largest absolute Gasteiger partial charge is 0.478 e. The third-order valence-electron chi connectivity index (χ3n) is 3.26. The first-order chi connectivity index (χ1) is 8.54. The van der Waals surface area contributed by atoms with Gasteiger partial charge in [-0.15, -0.1) is 0 Å². The molecule has 5 nitrogen and oxygen atoms in total. The van der Waals surface area contributed by atoms with Crippen LogP contribution in [0.5, 0.6) is 0 Å². The number of hydrogen-bond acceptors (Lipinski definition) is 2. The average Bonchev–Trinajstić information content (AvgIpc) is 2.79. The van der Waals surface area contributed by atoms with Crippen LogP contribution in [0.2, 0.25) is 0 Å². The molecule has 1 aromatic carbocycles. The van der Waals surface area contributed by atoms with Gasteiger partial charge in [-0.2, -0.15) is 0 Å². The molecule has 1 aliphatic heterocycles. The van der Waals surface area contributed by atoms with Crippen LogP contribution < -0.4 is 4.90 Å². The van der Waals surface area contributed by atoms with Crippen molar-refractivity contribution in [3.8, 4) is 0 Å². The lowest BCUT2D eigenvalue weighted by atomic mass is 10.1. The molecular formula is C13H16N2O3. The SMILES string of the molecule is CCN(C)C(=O)N1CCc2ccc(C(=O)O)cc21. The van der Waals surface area contributed by atoms with E-state index in [-0.39, 0.29) is 11.6 Å². The number of carbonyl (C=O) groups excluding carboxylic acids is 1. The molecular weight excluding hydrogens is 232 g/mol. The summed E-state index contributed by atoms with van der Waals surface area (Å²) in [5.41, 5.74) is 1.96. The molecule has 0 saturated heterocycles. The summed E-state index contributed by atoms with van der Waals surface area (Å²) in [5, 5.41) is 8.98. The van der Waals surface area contributed by atoms with Gasteiger partial charge in [-0.25, -0.2) is 9.59 Å². The predicted octanol–water partition coefficient (Wildman–Crippen LogP) is 1.82. The van der Waals surface area contributed by atoms with E-state index in [0.29, 0.717) is 13.1 Å². The topological polar surface area (TPSA) is 60.9 Å². The number of hydrogen-bond donors (Lipinski definition) is 1. The number of carboxylic acids is 1. The van der Waals surface area contributed by atoms with Crippen molar-refractivity contribution >= 4 is 17.7 Å². The molecule has 5 heteroatoms. The lowest BCUT2D eigenvalue weighted by Crippen LogP contribution is -2.40. The lowest BCUT2D eigenvalue weighted by Gasteiger charge is -2.24. The Morgan fingerprint density at radius 2 is 2.17 bits per heavy atom. The summed E-state index contributed by atoms with van der Waals surface area (Å²) in [6.45, 7) is 3.15. The average molecular weight is 248 g/mol. The fourth-order valence-electron chi connectivity index (χ4n) is 2.05. The van der Waals surface area contributed by atoms with Crippen LogP contribution >= 0.6 is 0 Å². The Labute approximate surface area is 106 Å². The van der Waals surface area contributed by atoms with Crippen LogP contribution in [-0.2, 0) is 6.42 Å². The summed E-state index contributed by atoms with van der Waals surface area (Å²) in [5.74, 6) is -0.971. The third kappa shape index (κ3) is 2.03. The van der Waals surface area contributed by atoms with E-state index in [9.17, 15) is 9.59 Å². The van der Waals surface area contributed by atoms with E-state index in [1.807, 2.05) is 6.92 Å². The van der Waals surface area contributed by atoms with Crippen molar-refractivity contribution in [3.63, 3.8) is 0 Å². The molecule has 96 valence electrons. The van der Waals surface area contributed by atoms with E-state index >= 15 is 0 Å². The zero-order chi connectivity index (χ0) is 13.3. The first-order valence-corrected chi connectivity index (χ1v) is 5.93. The molecule has 0 saturated carbocycles. The van der Waals surface area contributed by atoms with Gasteiger partial charge in [0.2, 0.25) is 0 Å². The molecule has 0 atom stereocenters. The number of aromatic carboxylic acids is 1. The van der Waals surface area contributed by atoms with Gasteiger partial charge >= 0.3 is 12.0 Å². The van der Waals surface area contributed by atoms with Crippen LogP contribution in [0.25, 0.3) is 0 Å². The van der Waals surface area contributed by atoms with Gasteiger partial charge in [0.05, 0.1) is 5.56 Å². The van der Waals surface area contributed by atoms with Gasteiger partial charge in [-0.05, 0) is 31.0 Å². The van der Waals surface area contributed by atoms with Gasteiger partial charge in [-0.3, -0.25) is 4.90 Å². The Kier molecular flexibility index (Phi) is 3.23.